The maximum atomic E-state index is 10.1. The summed E-state index contributed by atoms with van der Waals surface area (Å²) in [5, 5.41) is 20.2. The van der Waals surface area contributed by atoms with Crippen molar-refractivity contribution in [2.24, 2.45) is 0 Å². The minimum absolute atomic E-state index is 0.192. The van der Waals surface area contributed by atoms with E-state index in [9.17, 15) is 10.2 Å². The molecule has 0 heterocycles. The Bertz CT molecular complexity index is 892. The largest absolute Gasteiger partial charge is 0.508 e. The quantitative estimate of drug-likeness (QED) is 0.556. The summed E-state index contributed by atoms with van der Waals surface area (Å²) in [6.07, 6.45) is 0. The van der Waals surface area contributed by atoms with Gasteiger partial charge in [-0.05, 0) is 32.0 Å². The van der Waals surface area contributed by atoms with Crippen molar-refractivity contribution in [3.63, 3.8) is 0 Å². The number of hydrogen-bond donors (Lipinski definition) is 2. The molecule has 0 aliphatic rings. The number of rotatable bonds is 6. The van der Waals surface area contributed by atoms with E-state index in [4.69, 9.17) is 9.05 Å². The smallest absolute Gasteiger partial charge is 0.216 e. The van der Waals surface area contributed by atoms with Crippen molar-refractivity contribution >= 4 is 9.03 Å². The second-order valence-corrected chi connectivity index (χ2v) is 6.90. The first-order chi connectivity index (χ1) is 12.5. The summed E-state index contributed by atoms with van der Waals surface area (Å²) >= 11 is 0. The molecule has 4 nitrogen and oxygen atoms in total. The third-order valence-electron chi connectivity index (χ3n) is 4.08. The molecule has 0 aliphatic heterocycles. The van der Waals surface area contributed by atoms with Gasteiger partial charge >= 0.3 is 0 Å². The van der Waals surface area contributed by atoms with Gasteiger partial charge in [0, 0.05) is 16.7 Å². The van der Waals surface area contributed by atoms with Gasteiger partial charge < -0.3 is 19.3 Å². The molecule has 0 bridgehead atoms. The van der Waals surface area contributed by atoms with Crippen molar-refractivity contribution in [2.75, 3.05) is 0 Å². The van der Waals surface area contributed by atoms with E-state index in [1.54, 1.807) is 24.3 Å². The average molecular weight is 368 g/mol. The van der Waals surface area contributed by atoms with Gasteiger partial charge in [-0.1, -0.05) is 54.6 Å². The summed E-state index contributed by atoms with van der Waals surface area (Å²) < 4.78 is 11.8. The molecule has 0 saturated carbocycles. The van der Waals surface area contributed by atoms with Crippen molar-refractivity contribution in [3.8, 4) is 28.4 Å². The lowest BCUT2D eigenvalue weighted by atomic mass is 9.98. The van der Waals surface area contributed by atoms with Crippen LogP contribution in [-0.2, 0) is 10.1 Å². The third-order valence-corrected chi connectivity index (χ3v) is 4.98. The van der Waals surface area contributed by atoms with Crippen LogP contribution in [0.3, 0.4) is 0 Å². The highest BCUT2D eigenvalue weighted by Gasteiger charge is 2.25. The standard InChI is InChI=1S/C21H21O4P/c1-21(2,17-11-5-7-13-19(17)23)25-26-24-20-14-8-4-10-16(20)15-9-3-6-12-18(15)22/h3-14,22-23,26H,1-2H3. The molecular weight excluding hydrogens is 347 g/mol. The molecule has 134 valence electrons. The molecule has 0 saturated heterocycles. The van der Waals surface area contributed by atoms with E-state index in [1.807, 2.05) is 62.4 Å². The topological polar surface area (TPSA) is 58.9 Å². The molecule has 0 spiro atoms. The van der Waals surface area contributed by atoms with Gasteiger partial charge in [0.05, 0.1) is 5.60 Å². The van der Waals surface area contributed by atoms with E-state index in [0.29, 0.717) is 16.9 Å². The number of hydrogen-bond acceptors (Lipinski definition) is 4. The first-order valence-electron chi connectivity index (χ1n) is 8.25. The molecule has 3 rings (SSSR count). The lowest BCUT2D eigenvalue weighted by Gasteiger charge is -2.26. The van der Waals surface area contributed by atoms with Gasteiger partial charge in [0.1, 0.15) is 17.2 Å². The molecule has 1 unspecified atom stereocenters. The number of para-hydroxylation sites is 3. The Hall–Kier alpha value is -2.55. The molecule has 0 aliphatic carbocycles. The number of phenols is 2. The van der Waals surface area contributed by atoms with Crippen molar-refractivity contribution in [1.29, 1.82) is 0 Å². The zero-order chi connectivity index (χ0) is 18.6. The van der Waals surface area contributed by atoms with Crippen LogP contribution >= 0.6 is 9.03 Å². The predicted octanol–water partition coefficient (Wildman–Crippen LogP) is 5.60. The van der Waals surface area contributed by atoms with E-state index in [2.05, 4.69) is 0 Å². The SMILES string of the molecule is CC(C)(OPOc1ccccc1-c1ccccc1O)c1ccccc1O. The van der Waals surface area contributed by atoms with Crippen molar-refractivity contribution in [1.82, 2.24) is 0 Å². The van der Waals surface area contributed by atoms with Crippen LogP contribution in [-0.4, -0.2) is 10.2 Å². The minimum Gasteiger partial charge on any atom is -0.508 e. The number of phenolic OH excluding ortho intramolecular Hbond substituents is 2. The van der Waals surface area contributed by atoms with E-state index in [-0.39, 0.29) is 20.5 Å². The monoisotopic (exact) mass is 368 g/mol. The third kappa shape index (κ3) is 3.98. The summed E-state index contributed by atoms with van der Waals surface area (Å²) in [6, 6.07) is 21.7. The molecule has 0 radical (unpaired) electrons. The Labute approximate surface area is 155 Å². The maximum Gasteiger partial charge on any atom is 0.216 e. The predicted molar refractivity (Wildman–Crippen MR) is 105 cm³/mol. The molecule has 0 aromatic heterocycles. The molecule has 5 heteroatoms. The second kappa shape index (κ2) is 7.77. The van der Waals surface area contributed by atoms with E-state index in [0.717, 1.165) is 5.56 Å². The van der Waals surface area contributed by atoms with Gasteiger partial charge in [0.15, 0.2) is 0 Å². The fourth-order valence-electron chi connectivity index (χ4n) is 2.69. The zero-order valence-corrected chi connectivity index (χ0v) is 15.6. The van der Waals surface area contributed by atoms with Crippen molar-refractivity contribution in [3.05, 3.63) is 78.4 Å². The molecule has 3 aromatic carbocycles. The number of benzene rings is 3. The van der Waals surface area contributed by atoms with Crippen LogP contribution < -0.4 is 4.52 Å². The van der Waals surface area contributed by atoms with Crippen LogP contribution in [0.2, 0.25) is 0 Å². The normalized spacial score (nSPS) is 11.8. The molecule has 0 amide bonds. The van der Waals surface area contributed by atoms with Gasteiger partial charge in [-0.15, -0.1) is 0 Å². The molecule has 3 aromatic rings. The summed E-state index contributed by atoms with van der Waals surface area (Å²) in [7, 11) is -0.272. The Morgan fingerprint density at radius 1 is 0.731 bits per heavy atom. The number of aromatic hydroxyl groups is 2. The molecule has 1 atom stereocenters. The van der Waals surface area contributed by atoms with Crippen molar-refractivity contribution in [2.45, 2.75) is 19.4 Å². The van der Waals surface area contributed by atoms with Crippen LogP contribution in [0.15, 0.2) is 72.8 Å². The van der Waals surface area contributed by atoms with Crippen LogP contribution in [0, 0.1) is 0 Å². The maximum absolute atomic E-state index is 10.1. The molecule has 0 fully saturated rings. The molecule has 2 N–H and O–H groups in total. The van der Waals surface area contributed by atoms with Crippen molar-refractivity contribution < 1.29 is 19.3 Å². The van der Waals surface area contributed by atoms with E-state index >= 15 is 0 Å². The highest BCUT2D eigenvalue weighted by Crippen LogP contribution is 2.41. The Morgan fingerprint density at radius 3 is 2.00 bits per heavy atom. The zero-order valence-electron chi connectivity index (χ0n) is 14.6. The van der Waals surface area contributed by atoms with E-state index in [1.165, 1.54) is 0 Å². The van der Waals surface area contributed by atoms with Gasteiger partial charge in [0.25, 0.3) is 0 Å². The van der Waals surface area contributed by atoms with Crippen LogP contribution in [0.5, 0.6) is 17.2 Å². The highest BCUT2D eigenvalue weighted by atomic mass is 31.1. The Morgan fingerprint density at radius 2 is 1.31 bits per heavy atom. The fraction of sp³-hybridized carbons (Fsp3) is 0.143. The lowest BCUT2D eigenvalue weighted by molar-refractivity contribution is 0.118. The van der Waals surface area contributed by atoms with Gasteiger partial charge in [-0.3, -0.25) is 0 Å². The summed E-state index contributed by atoms with van der Waals surface area (Å²) in [6.45, 7) is 3.76. The Balaban J connectivity index is 1.75. The first kappa shape index (κ1) is 18.2. The Kier molecular flexibility index (Phi) is 5.46. The summed E-state index contributed by atoms with van der Waals surface area (Å²) in [4.78, 5) is 0. The van der Waals surface area contributed by atoms with Crippen LogP contribution in [0.1, 0.15) is 19.4 Å². The fourth-order valence-corrected chi connectivity index (χ4v) is 3.31. The second-order valence-electron chi connectivity index (χ2n) is 6.33. The van der Waals surface area contributed by atoms with E-state index < -0.39 is 5.60 Å². The van der Waals surface area contributed by atoms with Crippen LogP contribution in [0.25, 0.3) is 11.1 Å². The van der Waals surface area contributed by atoms with Crippen LogP contribution in [0.4, 0.5) is 0 Å². The van der Waals surface area contributed by atoms with Gasteiger partial charge in [0.2, 0.25) is 9.03 Å². The van der Waals surface area contributed by atoms with Gasteiger partial charge in [-0.25, -0.2) is 0 Å². The average Bonchev–Trinajstić information content (AvgIpc) is 2.63. The minimum atomic E-state index is -0.701. The molecular formula is C21H21O4P. The molecule has 26 heavy (non-hydrogen) atoms. The highest BCUT2D eigenvalue weighted by molar-refractivity contribution is 7.26. The summed E-state index contributed by atoms with van der Waals surface area (Å²) in [5.74, 6) is 1.01. The summed E-state index contributed by atoms with van der Waals surface area (Å²) in [5.41, 5.74) is 1.49. The van der Waals surface area contributed by atoms with Gasteiger partial charge in [-0.2, -0.15) is 0 Å². The first-order valence-corrected chi connectivity index (χ1v) is 9.06. The lowest BCUT2D eigenvalue weighted by Crippen LogP contribution is -2.18.